The number of pyridine rings is 1. The van der Waals surface area contributed by atoms with Gasteiger partial charge in [0.15, 0.2) is 5.82 Å². The number of nitrogens with one attached hydrogen (secondary N) is 1. The smallest absolute Gasteiger partial charge is 0.267 e. The van der Waals surface area contributed by atoms with E-state index >= 15 is 0 Å². The maximum Gasteiger partial charge on any atom is 0.267 e. The largest absolute Gasteiger partial charge is 0.367 e. The third-order valence-corrected chi connectivity index (χ3v) is 7.65. The van der Waals surface area contributed by atoms with Gasteiger partial charge in [0.2, 0.25) is 11.9 Å². The minimum atomic E-state index is -0.496. The molecule has 0 spiro atoms. The molecule has 0 radical (unpaired) electrons. The molecular weight excluding hydrogens is 469 g/mol. The summed E-state index contributed by atoms with van der Waals surface area (Å²) in [5.74, 6) is 1.61. The number of carbonyl (C=O) groups excluding carboxylic acids is 1. The highest BCUT2D eigenvalue weighted by Gasteiger charge is 2.49. The monoisotopic (exact) mass is 501 g/mol. The molecular formula is C28H32FN7O. The van der Waals surface area contributed by atoms with Gasteiger partial charge < -0.3 is 5.32 Å². The fourth-order valence-corrected chi connectivity index (χ4v) is 5.83. The van der Waals surface area contributed by atoms with Gasteiger partial charge in [-0.1, -0.05) is 43.7 Å². The van der Waals surface area contributed by atoms with E-state index in [4.69, 9.17) is 10.1 Å². The Morgan fingerprint density at radius 3 is 2.73 bits per heavy atom. The fraction of sp³-hybridized carbons (Fsp3) is 0.429. The first-order valence-corrected chi connectivity index (χ1v) is 13.2. The summed E-state index contributed by atoms with van der Waals surface area (Å²) < 4.78 is 15.5. The lowest BCUT2D eigenvalue weighted by atomic mass is 10.1. The Labute approximate surface area is 216 Å². The summed E-state index contributed by atoms with van der Waals surface area (Å²) in [7, 11) is 1.81. The average molecular weight is 502 g/mol. The molecule has 2 aliphatic heterocycles. The van der Waals surface area contributed by atoms with Crippen LogP contribution in [0.3, 0.4) is 0 Å². The molecule has 1 fully saturated rings. The van der Waals surface area contributed by atoms with Crippen LogP contribution in [0.15, 0.2) is 47.5 Å². The molecule has 3 atom stereocenters. The number of anilines is 2. The highest BCUT2D eigenvalue weighted by Crippen LogP contribution is 2.42. The molecule has 1 aromatic carbocycles. The number of hydrogen-bond donors (Lipinski definition) is 1. The van der Waals surface area contributed by atoms with Crippen molar-refractivity contribution in [3.8, 4) is 11.3 Å². The van der Waals surface area contributed by atoms with Crippen LogP contribution in [0.1, 0.15) is 61.9 Å². The van der Waals surface area contributed by atoms with Crippen LogP contribution in [-0.2, 0) is 6.54 Å². The van der Waals surface area contributed by atoms with E-state index in [2.05, 4.69) is 29.0 Å². The summed E-state index contributed by atoms with van der Waals surface area (Å²) >= 11 is 0. The molecule has 2 aromatic heterocycles. The van der Waals surface area contributed by atoms with Crippen molar-refractivity contribution in [2.45, 2.75) is 70.6 Å². The first-order valence-electron chi connectivity index (χ1n) is 13.2. The Kier molecular flexibility index (Phi) is 5.93. The van der Waals surface area contributed by atoms with Crippen LogP contribution >= 0.6 is 0 Å². The van der Waals surface area contributed by atoms with Crippen molar-refractivity contribution in [2.75, 3.05) is 17.3 Å². The van der Waals surface area contributed by atoms with Gasteiger partial charge in [-0.25, -0.2) is 14.7 Å². The molecule has 0 bridgehead atoms. The van der Waals surface area contributed by atoms with Crippen molar-refractivity contribution in [2.24, 2.45) is 4.99 Å². The van der Waals surface area contributed by atoms with Crippen molar-refractivity contribution in [1.29, 1.82) is 0 Å². The van der Waals surface area contributed by atoms with E-state index in [-0.39, 0.29) is 24.0 Å². The third kappa shape index (κ3) is 4.06. The lowest BCUT2D eigenvalue weighted by Crippen LogP contribution is -2.51. The molecule has 4 heterocycles. The van der Waals surface area contributed by atoms with Gasteiger partial charge in [-0.3, -0.25) is 14.6 Å². The molecule has 9 heteroatoms. The number of rotatable bonds is 7. The molecule has 1 aliphatic carbocycles. The number of fused-ring (bicyclic) bond motifs is 5. The van der Waals surface area contributed by atoms with Crippen molar-refractivity contribution < 1.29 is 9.18 Å². The van der Waals surface area contributed by atoms with Crippen molar-refractivity contribution >= 4 is 23.5 Å². The van der Waals surface area contributed by atoms with E-state index in [0.717, 1.165) is 55.0 Å². The highest BCUT2D eigenvalue weighted by atomic mass is 19.1. The first kappa shape index (κ1) is 23.6. The van der Waals surface area contributed by atoms with Gasteiger partial charge in [0.1, 0.15) is 11.4 Å². The lowest BCUT2D eigenvalue weighted by molar-refractivity contribution is 0.0865. The van der Waals surface area contributed by atoms with Crippen molar-refractivity contribution in [3.05, 3.63) is 59.5 Å². The Hall–Kier alpha value is -3.75. The molecule has 1 amide bonds. The van der Waals surface area contributed by atoms with Crippen LogP contribution in [0.2, 0.25) is 0 Å². The minimum Gasteiger partial charge on any atom is -0.367 e. The molecule has 8 nitrogen and oxygen atoms in total. The normalized spacial score (nSPS) is 21.0. The molecule has 37 heavy (non-hydrogen) atoms. The number of carbonyl (C=O) groups is 1. The molecule has 3 aromatic rings. The van der Waals surface area contributed by atoms with Crippen LogP contribution in [0, 0.1) is 5.95 Å². The number of guanidine groups is 1. The number of halogens is 1. The van der Waals surface area contributed by atoms with E-state index in [9.17, 15) is 9.18 Å². The average Bonchev–Trinajstić information content (AvgIpc) is 3.57. The Balaban J connectivity index is 1.38. The summed E-state index contributed by atoms with van der Waals surface area (Å²) in [6, 6.07) is 13.4. The van der Waals surface area contributed by atoms with Gasteiger partial charge in [0, 0.05) is 18.7 Å². The second-order valence-corrected chi connectivity index (χ2v) is 10.3. The quantitative estimate of drug-likeness (QED) is 0.465. The summed E-state index contributed by atoms with van der Waals surface area (Å²) in [5, 5.41) is 8.64. The number of amides is 1. The number of aliphatic imine (C=N–C) groups is 1. The second kappa shape index (κ2) is 9.28. The molecule has 0 saturated heterocycles. The second-order valence-electron chi connectivity index (χ2n) is 10.3. The zero-order chi connectivity index (χ0) is 25.7. The molecule has 1 N–H and O–H groups in total. The number of benzene rings is 1. The standard InChI is InChI=1S/C28H32FN7O/c1-4-7-17(2)30-25-24-26(36-22-10-5-9-21(22)32-28(36)34(3)27(24)37)33-35(25)16-18-12-14-19(15-13-18)20-8-6-11-23(29)31-20/h6,8,11-15,17,21-22,30H,4-5,7,9-10,16H2,1-3H3/t17?,21-,22+/m1/s1. The number of aromatic nitrogens is 3. The van der Waals surface area contributed by atoms with Crippen molar-refractivity contribution in [3.63, 3.8) is 0 Å². The van der Waals surface area contributed by atoms with E-state index < -0.39 is 5.95 Å². The molecule has 192 valence electrons. The third-order valence-electron chi connectivity index (χ3n) is 7.65. The van der Waals surface area contributed by atoms with Gasteiger partial charge >= 0.3 is 0 Å². The topological polar surface area (TPSA) is 78.7 Å². The number of hydrogen-bond acceptors (Lipinski definition) is 6. The highest BCUT2D eigenvalue weighted by molar-refractivity contribution is 6.21. The number of nitrogens with zero attached hydrogens (tertiary/aromatic N) is 6. The maximum absolute atomic E-state index is 13.6. The van der Waals surface area contributed by atoms with Gasteiger partial charge in [0.05, 0.1) is 24.3 Å². The summed E-state index contributed by atoms with van der Waals surface area (Å²) in [6.07, 6.45) is 5.27. The predicted molar refractivity (Wildman–Crippen MR) is 142 cm³/mol. The zero-order valence-corrected chi connectivity index (χ0v) is 21.5. The fourth-order valence-electron chi connectivity index (χ4n) is 5.83. The lowest BCUT2D eigenvalue weighted by Gasteiger charge is -2.34. The van der Waals surface area contributed by atoms with Gasteiger partial charge in [-0.15, -0.1) is 0 Å². The van der Waals surface area contributed by atoms with Crippen LogP contribution in [-0.4, -0.2) is 56.7 Å². The zero-order valence-electron chi connectivity index (χ0n) is 21.5. The van der Waals surface area contributed by atoms with E-state index in [0.29, 0.717) is 23.6 Å². The molecule has 1 unspecified atom stereocenters. The molecule has 1 saturated carbocycles. The van der Waals surface area contributed by atoms with Gasteiger partial charge in [-0.2, -0.15) is 9.49 Å². The Morgan fingerprint density at radius 1 is 1.16 bits per heavy atom. The van der Waals surface area contributed by atoms with E-state index in [1.54, 1.807) is 17.0 Å². The molecule has 6 rings (SSSR count). The van der Waals surface area contributed by atoms with Crippen LogP contribution < -0.4 is 10.2 Å². The van der Waals surface area contributed by atoms with Crippen LogP contribution in [0.5, 0.6) is 0 Å². The van der Waals surface area contributed by atoms with Crippen LogP contribution in [0.25, 0.3) is 11.3 Å². The van der Waals surface area contributed by atoms with Crippen molar-refractivity contribution in [1.82, 2.24) is 19.7 Å². The first-order chi connectivity index (χ1) is 17.9. The SMILES string of the molecule is CCCC(C)Nc1c2c(nn1Cc1ccc(-c3cccc(F)n3)cc1)N1C(=N[C@@H]3CCC[C@@H]31)N(C)C2=O. The summed E-state index contributed by atoms with van der Waals surface area (Å²) in [4.78, 5) is 26.4. The van der Waals surface area contributed by atoms with Crippen LogP contribution in [0.4, 0.5) is 16.0 Å². The van der Waals surface area contributed by atoms with E-state index in [1.807, 2.05) is 36.0 Å². The van der Waals surface area contributed by atoms with Gasteiger partial charge in [0.25, 0.3) is 5.91 Å². The minimum absolute atomic E-state index is 0.0741. The Bertz CT molecular complexity index is 1370. The molecule has 3 aliphatic rings. The summed E-state index contributed by atoms with van der Waals surface area (Å²) in [5.41, 5.74) is 3.09. The maximum atomic E-state index is 13.6. The summed E-state index contributed by atoms with van der Waals surface area (Å²) in [6.45, 7) is 4.79. The Morgan fingerprint density at radius 2 is 1.97 bits per heavy atom. The van der Waals surface area contributed by atoms with Gasteiger partial charge in [-0.05, 0) is 50.3 Å². The predicted octanol–water partition coefficient (Wildman–Crippen LogP) is 4.92. The van der Waals surface area contributed by atoms with E-state index in [1.165, 1.54) is 6.07 Å².